The summed E-state index contributed by atoms with van der Waals surface area (Å²) in [6.45, 7) is 7.40. The number of carbonyl (C=O) groups excluding carboxylic acids is 1. The summed E-state index contributed by atoms with van der Waals surface area (Å²) in [7, 11) is 1.50. The minimum Gasteiger partial charge on any atom is -0.395 e. The molecule has 1 heterocycles. The van der Waals surface area contributed by atoms with Gasteiger partial charge in [-0.25, -0.2) is 9.97 Å². The molecule has 2 aromatic carbocycles. The molecule has 10 heteroatoms. The molecule has 0 saturated carbocycles. The molecule has 3 aromatic rings. The molecular formula is C27H27F3N6O. The number of nitrogens with zero attached hydrogens (tertiary/aromatic N) is 4. The van der Waals surface area contributed by atoms with Gasteiger partial charge >= 0.3 is 6.18 Å². The Balaban J connectivity index is 1.88. The molecule has 3 N–H and O–H groups in total. The van der Waals surface area contributed by atoms with Gasteiger partial charge in [-0.3, -0.25) is 9.79 Å². The van der Waals surface area contributed by atoms with Gasteiger partial charge in [-0.2, -0.15) is 13.2 Å². The normalized spacial score (nSPS) is 12.3. The molecule has 1 aromatic heterocycles. The molecule has 0 aliphatic rings. The van der Waals surface area contributed by atoms with E-state index in [1.807, 2.05) is 13.8 Å². The Hall–Kier alpha value is -4.47. The third kappa shape index (κ3) is 6.60. The maximum absolute atomic E-state index is 13.1. The van der Waals surface area contributed by atoms with Crippen LogP contribution in [0, 0.1) is 6.92 Å². The summed E-state index contributed by atoms with van der Waals surface area (Å²) in [4.78, 5) is 27.2. The number of aryl methyl sites for hydroxylation is 1. The topological polar surface area (TPSA) is 96.5 Å². The van der Waals surface area contributed by atoms with Crippen molar-refractivity contribution in [2.45, 2.75) is 26.4 Å². The standard InChI is InChI=1S/C27H27F3N6O/c1-5-13-32-21(6-2)24(31)22-12-14-33-26(34-22)35-23-16-20(11-10-17(23)3)36(4)25(37)18-8-7-9-19(15-18)27(28,29)30/h5,7-16H,1,6,31H2,2-4H3,(H,33,34,35)/b24-21-,32-13-. The number of amides is 1. The molecule has 192 valence electrons. The Bertz CT molecular complexity index is 1360. The lowest BCUT2D eigenvalue weighted by Gasteiger charge is -2.20. The molecule has 0 fully saturated rings. The highest BCUT2D eigenvalue weighted by molar-refractivity contribution is 6.06. The van der Waals surface area contributed by atoms with Gasteiger partial charge < -0.3 is 16.0 Å². The average Bonchev–Trinajstić information content (AvgIpc) is 2.89. The number of allylic oxidation sites excluding steroid dienone is 2. The van der Waals surface area contributed by atoms with Crippen molar-refractivity contribution in [1.29, 1.82) is 0 Å². The number of hydrogen-bond acceptors (Lipinski definition) is 6. The van der Waals surface area contributed by atoms with Crippen LogP contribution in [-0.2, 0) is 6.18 Å². The predicted octanol–water partition coefficient (Wildman–Crippen LogP) is 6.12. The van der Waals surface area contributed by atoms with Crippen LogP contribution >= 0.6 is 0 Å². The lowest BCUT2D eigenvalue weighted by molar-refractivity contribution is -0.137. The van der Waals surface area contributed by atoms with Gasteiger partial charge in [0.1, 0.15) is 0 Å². The van der Waals surface area contributed by atoms with E-state index >= 15 is 0 Å². The monoisotopic (exact) mass is 508 g/mol. The molecule has 37 heavy (non-hydrogen) atoms. The second-order valence-corrected chi connectivity index (χ2v) is 8.06. The van der Waals surface area contributed by atoms with E-state index in [1.54, 1.807) is 42.8 Å². The van der Waals surface area contributed by atoms with Crippen molar-refractivity contribution in [1.82, 2.24) is 9.97 Å². The molecule has 0 radical (unpaired) electrons. The first kappa shape index (κ1) is 27.1. The molecule has 0 atom stereocenters. The smallest absolute Gasteiger partial charge is 0.395 e. The summed E-state index contributed by atoms with van der Waals surface area (Å²) in [6.07, 6.45) is 0.720. The molecule has 0 bridgehead atoms. The van der Waals surface area contributed by atoms with Crippen LogP contribution in [0.5, 0.6) is 0 Å². The number of rotatable bonds is 8. The van der Waals surface area contributed by atoms with E-state index in [2.05, 4.69) is 26.9 Å². The zero-order valence-corrected chi connectivity index (χ0v) is 20.7. The fourth-order valence-electron chi connectivity index (χ4n) is 3.42. The Kier molecular flexibility index (Phi) is 8.44. The Morgan fingerprint density at radius 2 is 1.97 bits per heavy atom. The molecule has 3 rings (SSSR count). The van der Waals surface area contributed by atoms with Gasteiger partial charge in [-0.15, -0.1) is 0 Å². The number of carbonyl (C=O) groups is 1. The first-order valence-corrected chi connectivity index (χ1v) is 11.3. The van der Waals surface area contributed by atoms with Crippen molar-refractivity contribution in [3.05, 3.63) is 95.5 Å². The summed E-state index contributed by atoms with van der Waals surface area (Å²) in [5.41, 5.74) is 8.78. The highest BCUT2D eigenvalue weighted by Gasteiger charge is 2.31. The zero-order chi connectivity index (χ0) is 27.2. The minimum absolute atomic E-state index is 0.0726. The first-order chi connectivity index (χ1) is 17.5. The highest BCUT2D eigenvalue weighted by atomic mass is 19.4. The van der Waals surface area contributed by atoms with Gasteiger partial charge in [-0.1, -0.05) is 31.7 Å². The number of aliphatic imine (C=N–C) groups is 1. The number of nitrogens with one attached hydrogen (secondary N) is 1. The fraction of sp³-hybridized carbons (Fsp3) is 0.185. The maximum Gasteiger partial charge on any atom is 0.416 e. The largest absolute Gasteiger partial charge is 0.416 e. The molecule has 0 unspecified atom stereocenters. The van der Waals surface area contributed by atoms with Gasteiger partial charge in [0.2, 0.25) is 5.95 Å². The van der Waals surface area contributed by atoms with E-state index in [1.165, 1.54) is 24.1 Å². The third-order valence-electron chi connectivity index (χ3n) is 5.51. The molecule has 7 nitrogen and oxygen atoms in total. The molecular weight excluding hydrogens is 481 g/mol. The van der Waals surface area contributed by atoms with E-state index < -0.39 is 17.6 Å². The molecule has 0 saturated heterocycles. The van der Waals surface area contributed by atoms with Gasteiger partial charge in [0.15, 0.2) is 0 Å². The summed E-state index contributed by atoms with van der Waals surface area (Å²) in [5, 5.41) is 3.13. The van der Waals surface area contributed by atoms with Crippen LogP contribution in [0.15, 0.2) is 78.1 Å². The number of nitrogens with two attached hydrogens (primary N) is 1. The van der Waals surface area contributed by atoms with Crippen molar-refractivity contribution in [3.63, 3.8) is 0 Å². The van der Waals surface area contributed by atoms with E-state index in [-0.39, 0.29) is 11.5 Å². The van der Waals surface area contributed by atoms with E-state index in [0.717, 1.165) is 17.7 Å². The number of alkyl halides is 3. The van der Waals surface area contributed by atoms with Gasteiger partial charge in [0.05, 0.1) is 22.7 Å². The van der Waals surface area contributed by atoms with Crippen LogP contribution in [0.2, 0.25) is 0 Å². The predicted molar refractivity (Wildman–Crippen MR) is 141 cm³/mol. The third-order valence-corrected chi connectivity index (χ3v) is 5.51. The fourth-order valence-corrected chi connectivity index (χ4v) is 3.42. The van der Waals surface area contributed by atoms with Crippen molar-refractivity contribution in [2.75, 3.05) is 17.3 Å². The van der Waals surface area contributed by atoms with Crippen molar-refractivity contribution in [3.8, 4) is 0 Å². The van der Waals surface area contributed by atoms with Crippen molar-refractivity contribution >= 4 is 35.1 Å². The summed E-state index contributed by atoms with van der Waals surface area (Å²) in [6, 6.07) is 11.2. The molecule has 1 amide bonds. The number of halogens is 3. The number of aromatic nitrogens is 2. The molecule has 0 spiro atoms. The lowest BCUT2D eigenvalue weighted by atomic mass is 10.1. The van der Waals surface area contributed by atoms with E-state index in [4.69, 9.17) is 5.73 Å². The zero-order valence-electron chi connectivity index (χ0n) is 20.7. The second-order valence-electron chi connectivity index (χ2n) is 8.06. The molecule has 0 aliphatic heterocycles. The number of benzene rings is 2. The average molecular weight is 509 g/mol. The van der Waals surface area contributed by atoms with Crippen molar-refractivity contribution in [2.24, 2.45) is 10.7 Å². The van der Waals surface area contributed by atoms with E-state index in [0.29, 0.717) is 34.9 Å². The lowest BCUT2D eigenvalue weighted by Crippen LogP contribution is -2.26. The Labute approximate surface area is 213 Å². The summed E-state index contributed by atoms with van der Waals surface area (Å²) >= 11 is 0. The SMILES string of the molecule is C=C/C=N\C(CC)=C(/N)c1ccnc(Nc2cc(N(C)C(=O)c3cccc(C(F)(F)F)c3)ccc2C)n1. The second kappa shape index (κ2) is 11.5. The Morgan fingerprint density at radius 1 is 1.22 bits per heavy atom. The minimum atomic E-state index is -4.54. The van der Waals surface area contributed by atoms with Gasteiger partial charge in [0, 0.05) is 36.4 Å². The Morgan fingerprint density at radius 3 is 2.65 bits per heavy atom. The first-order valence-electron chi connectivity index (χ1n) is 11.3. The van der Waals surface area contributed by atoms with Gasteiger partial charge in [-0.05, 0) is 55.3 Å². The maximum atomic E-state index is 13.1. The van der Waals surface area contributed by atoms with Gasteiger partial charge in [0.25, 0.3) is 5.91 Å². The van der Waals surface area contributed by atoms with Crippen LogP contribution in [0.1, 0.15) is 40.5 Å². The van der Waals surface area contributed by atoms with E-state index in [9.17, 15) is 18.0 Å². The number of anilines is 3. The van der Waals surface area contributed by atoms with Crippen LogP contribution in [0.4, 0.5) is 30.5 Å². The summed E-state index contributed by atoms with van der Waals surface area (Å²) < 4.78 is 39.3. The van der Waals surface area contributed by atoms with Crippen LogP contribution in [0.3, 0.4) is 0 Å². The van der Waals surface area contributed by atoms with Crippen molar-refractivity contribution < 1.29 is 18.0 Å². The highest BCUT2D eigenvalue weighted by Crippen LogP contribution is 2.31. The van der Waals surface area contributed by atoms with Crippen LogP contribution < -0.4 is 16.0 Å². The molecule has 0 aliphatic carbocycles. The van der Waals surface area contributed by atoms with Crippen LogP contribution in [0.25, 0.3) is 5.70 Å². The number of hydrogen-bond donors (Lipinski definition) is 2. The van der Waals surface area contributed by atoms with Crippen LogP contribution in [-0.4, -0.2) is 29.1 Å². The quantitative estimate of drug-likeness (QED) is 0.358. The summed E-state index contributed by atoms with van der Waals surface area (Å²) in [5.74, 6) is -0.306.